The third-order valence-corrected chi connectivity index (χ3v) is 4.65. The summed E-state index contributed by atoms with van der Waals surface area (Å²) in [4.78, 5) is 2.51. The largest absolute Gasteiger partial charge is 0.378 e. The van der Waals surface area contributed by atoms with Gasteiger partial charge in [0.25, 0.3) is 0 Å². The van der Waals surface area contributed by atoms with Crippen molar-refractivity contribution in [1.29, 1.82) is 0 Å². The van der Waals surface area contributed by atoms with E-state index in [-0.39, 0.29) is 0 Å². The van der Waals surface area contributed by atoms with Gasteiger partial charge in [-0.15, -0.1) is 0 Å². The smallest absolute Gasteiger partial charge is 0.178 e. The molecule has 0 spiro atoms. The lowest BCUT2D eigenvalue weighted by Gasteiger charge is -2.19. The van der Waals surface area contributed by atoms with Gasteiger partial charge in [-0.3, -0.25) is 0 Å². The van der Waals surface area contributed by atoms with Crippen molar-refractivity contribution in [3.8, 4) is 0 Å². The zero-order valence-electron chi connectivity index (χ0n) is 9.03. The van der Waals surface area contributed by atoms with Crippen LogP contribution in [0.25, 0.3) is 0 Å². The fourth-order valence-corrected chi connectivity index (χ4v) is 3.49. The molecular weight excluding hydrogens is 210 g/mol. The molecule has 1 aliphatic rings. The summed E-state index contributed by atoms with van der Waals surface area (Å²) in [6.45, 7) is 0. The Bertz CT molecular complexity index is 477. The molecule has 2 rings (SSSR count). The molecule has 1 aliphatic heterocycles. The average Bonchev–Trinajstić information content (AvgIpc) is 2.16. The van der Waals surface area contributed by atoms with Crippen molar-refractivity contribution in [1.82, 2.24) is 0 Å². The van der Waals surface area contributed by atoms with E-state index in [1.807, 2.05) is 31.1 Å². The number of fused-ring (bicyclic) bond motifs is 1. The first-order chi connectivity index (χ1) is 7.00. The first kappa shape index (κ1) is 10.5. The summed E-state index contributed by atoms with van der Waals surface area (Å²) < 4.78 is 23.5. The second-order valence-corrected chi connectivity index (χ2v) is 6.19. The lowest BCUT2D eigenvalue weighted by Crippen LogP contribution is -2.17. The molecule has 0 saturated carbocycles. The third kappa shape index (κ3) is 1.86. The van der Waals surface area contributed by atoms with Crippen LogP contribution in [0.15, 0.2) is 23.1 Å². The summed E-state index contributed by atoms with van der Waals surface area (Å²) in [7, 11) is 0.912. The lowest BCUT2D eigenvalue weighted by molar-refractivity contribution is 0.586. The second kappa shape index (κ2) is 3.52. The van der Waals surface area contributed by atoms with Gasteiger partial charge < -0.3 is 4.90 Å². The van der Waals surface area contributed by atoms with Gasteiger partial charge in [0.15, 0.2) is 9.84 Å². The van der Waals surface area contributed by atoms with Crippen LogP contribution in [0.3, 0.4) is 0 Å². The quantitative estimate of drug-likeness (QED) is 0.726. The van der Waals surface area contributed by atoms with Crippen molar-refractivity contribution < 1.29 is 8.42 Å². The molecule has 1 aromatic carbocycles. The van der Waals surface area contributed by atoms with Crippen molar-refractivity contribution in [3.05, 3.63) is 23.8 Å². The maximum atomic E-state index is 11.7. The van der Waals surface area contributed by atoms with Crippen molar-refractivity contribution in [2.45, 2.75) is 17.7 Å². The fourth-order valence-electron chi connectivity index (χ4n) is 1.91. The highest BCUT2D eigenvalue weighted by Crippen LogP contribution is 2.28. The van der Waals surface area contributed by atoms with Crippen molar-refractivity contribution >= 4 is 15.5 Å². The molecule has 0 aliphatic carbocycles. The molecule has 15 heavy (non-hydrogen) atoms. The number of benzene rings is 1. The van der Waals surface area contributed by atoms with E-state index >= 15 is 0 Å². The minimum Gasteiger partial charge on any atom is -0.378 e. The number of rotatable bonds is 1. The van der Waals surface area contributed by atoms with Gasteiger partial charge >= 0.3 is 0 Å². The van der Waals surface area contributed by atoms with Gasteiger partial charge in [0.2, 0.25) is 0 Å². The van der Waals surface area contributed by atoms with Gasteiger partial charge in [-0.1, -0.05) is 0 Å². The van der Waals surface area contributed by atoms with E-state index in [4.69, 9.17) is 0 Å². The number of hydrogen-bond acceptors (Lipinski definition) is 3. The zero-order chi connectivity index (χ0) is 11.1. The molecule has 3 nitrogen and oxygen atoms in total. The molecule has 1 aromatic rings. The normalized spacial score (nSPS) is 18.3. The van der Waals surface area contributed by atoms with Gasteiger partial charge in [-0.25, -0.2) is 8.42 Å². The Labute approximate surface area is 90.6 Å². The highest BCUT2D eigenvalue weighted by atomic mass is 32.2. The van der Waals surface area contributed by atoms with Crippen molar-refractivity contribution in [3.63, 3.8) is 0 Å². The molecule has 4 heteroatoms. The van der Waals surface area contributed by atoms with Gasteiger partial charge in [0.1, 0.15) is 0 Å². The first-order valence-corrected chi connectivity index (χ1v) is 6.69. The Balaban J connectivity index is 2.55. The predicted molar refractivity (Wildman–Crippen MR) is 61.1 cm³/mol. The molecule has 82 valence electrons. The fraction of sp³-hybridized carbons (Fsp3) is 0.455. The van der Waals surface area contributed by atoms with E-state index in [2.05, 4.69) is 0 Å². The van der Waals surface area contributed by atoms with Crippen LogP contribution in [0.5, 0.6) is 0 Å². The van der Waals surface area contributed by atoms with E-state index in [1.54, 1.807) is 6.07 Å². The number of hydrogen-bond donors (Lipinski definition) is 0. The predicted octanol–water partition coefficient (Wildman–Crippen LogP) is 1.47. The van der Waals surface area contributed by atoms with Crippen LogP contribution in [-0.2, 0) is 16.3 Å². The average molecular weight is 225 g/mol. The molecule has 0 N–H and O–H groups in total. The van der Waals surface area contributed by atoms with E-state index in [1.165, 1.54) is 0 Å². The van der Waals surface area contributed by atoms with Gasteiger partial charge in [-0.2, -0.15) is 0 Å². The van der Waals surface area contributed by atoms with Gasteiger partial charge in [0.05, 0.1) is 10.6 Å². The van der Waals surface area contributed by atoms with Crippen LogP contribution in [0.2, 0.25) is 0 Å². The zero-order valence-corrected chi connectivity index (χ0v) is 9.84. The van der Waals surface area contributed by atoms with Gasteiger partial charge in [0, 0.05) is 19.8 Å². The summed E-state index contributed by atoms with van der Waals surface area (Å²) in [5.74, 6) is 0.293. The summed E-state index contributed by atoms with van der Waals surface area (Å²) in [6, 6.07) is 5.58. The van der Waals surface area contributed by atoms with Crippen LogP contribution >= 0.6 is 0 Å². The minimum absolute atomic E-state index is 0.293. The topological polar surface area (TPSA) is 37.4 Å². The van der Waals surface area contributed by atoms with Crippen LogP contribution in [-0.4, -0.2) is 28.3 Å². The molecule has 0 amide bonds. The summed E-state index contributed by atoms with van der Waals surface area (Å²) in [5, 5.41) is 0. The Hall–Kier alpha value is -1.03. The monoisotopic (exact) mass is 225 g/mol. The van der Waals surface area contributed by atoms with E-state index < -0.39 is 9.84 Å². The Morgan fingerprint density at radius 1 is 1.27 bits per heavy atom. The third-order valence-electron chi connectivity index (χ3n) is 2.75. The lowest BCUT2D eigenvalue weighted by atomic mass is 10.1. The van der Waals surface area contributed by atoms with Crippen LogP contribution in [0.4, 0.5) is 5.69 Å². The number of anilines is 1. The Morgan fingerprint density at radius 3 is 2.67 bits per heavy atom. The van der Waals surface area contributed by atoms with Gasteiger partial charge in [-0.05, 0) is 36.6 Å². The maximum absolute atomic E-state index is 11.7. The number of aryl methyl sites for hydroxylation is 1. The first-order valence-electron chi connectivity index (χ1n) is 5.04. The summed E-state index contributed by atoms with van der Waals surface area (Å²) in [6.07, 6.45) is 1.61. The van der Waals surface area contributed by atoms with E-state index in [0.29, 0.717) is 10.6 Å². The molecule has 0 bridgehead atoms. The minimum atomic E-state index is -3.00. The van der Waals surface area contributed by atoms with Crippen LogP contribution in [0.1, 0.15) is 12.0 Å². The molecule has 0 atom stereocenters. The van der Waals surface area contributed by atoms with Crippen LogP contribution in [0, 0.1) is 0 Å². The molecule has 0 aromatic heterocycles. The van der Waals surface area contributed by atoms with Crippen molar-refractivity contribution in [2.75, 3.05) is 24.7 Å². The maximum Gasteiger partial charge on any atom is 0.178 e. The van der Waals surface area contributed by atoms with Crippen LogP contribution < -0.4 is 4.90 Å². The number of nitrogens with zero attached hydrogens (tertiary/aromatic N) is 1. The standard InChI is InChI=1S/C11H15NO2S/c1-12(2)10-5-6-11-9(8-10)4-3-7-15(11,13)14/h5-6,8H,3-4,7H2,1-2H3. The Kier molecular flexibility index (Phi) is 2.46. The SMILES string of the molecule is CN(C)c1ccc2c(c1)CCCS2(=O)=O. The summed E-state index contributed by atoms with van der Waals surface area (Å²) in [5.41, 5.74) is 2.03. The Morgan fingerprint density at radius 2 is 2.00 bits per heavy atom. The van der Waals surface area contributed by atoms with E-state index in [9.17, 15) is 8.42 Å². The molecule has 1 heterocycles. The molecular formula is C11H15NO2S. The highest BCUT2D eigenvalue weighted by molar-refractivity contribution is 7.91. The summed E-state index contributed by atoms with van der Waals surface area (Å²) >= 11 is 0. The molecule has 0 unspecified atom stereocenters. The van der Waals surface area contributed by atoms with Crippen molar-refractivity contribution in [2.24, 2.45) is 0 Å². The second-order valence-electron chi connectivity index (χ2n) is 4.11. The number of sulfone groups is 1. The molecule has 0 saturated heterocycles. The molecule has 0 radical (unpaired) electrons. The molecule has 0 fully saturated rings. The van der Waals surface area contributed by atoms with E-state index in [0.717, 1.165) is 24.1 Å². The highest BCUT2D eigenvalue weighted by Gasteiger charge is 2.23.